The molecule has 1 unspecified atom stereocenters. The summed E-state index contributed by atoms with van der Waals surface area (Å²) in [6.45, 7) is 2.24. The Hall–Kier alpha value is -2.20. The lowest BCUT2D eigenvalue weighted by Crippen LogP contribution is -2.32. The molecule has 0 saturated carbocycles. The van der Waals surface area contributed by atoms with Crippen molar-refractivity contribution in [2.45, 2.75) is 13.0 Å². The number of hydrogen-bond acceptors (Lipinski definition) is 3. The fraction of sp³-hybridized carbons (Fsp3) is 0.200. The zero-order valence-corrected chi connectivity index (χ0v) is 10.8. The average Bonchev–Trinajstić information content (AvgIpc) is 2.45. The minimum Gasteiger partial charge on any atom is -0.349 e. The van der Waals surface area contributed by atoms with Crippen molar-refractivity contribution in [1.29, 1.82) is 0 Å². The van der Waals surface area contributed by atoms with Crippen LogP contribution in [-0.4, -0.2) is 17.4 Å². The second-order valence-electron chi connectivity index (χ2n) is 4.39. The van der Waals surface area contributed by atoms with Gasteiger partial charge in [0.05, 0.1) is 0 Å². The molecule has 2 rings (SSSR count). The highest BCUT2D eigenvalue weighted by Crippen LogP contribution is 2.08. The number of nitrogens with one attached hydrogen (secondary N) is 1. The first kappa shape index (κ1) is 13.2. The van der Waals surface area contributed by atoms with Gasteiger partial charge in [-0.3, -0.25) is 4.79 Å². The Balaban J connectivity index is 1.94. The number of benzene rings is 1. The van der Waals surface area contributed by atoms with Gasteiger partial charge in [0.1, 0.15) is 5.69 Å². The molecule has 1 atom stereocenters. The third kappa shape index (κ3) is 3.63. The number of hydrogen-bond donors (Lipinski definition) is 2. The van der Waals surface area contributed by atoms with E-state index in [1.165, 1.54) is 0 Å². The van der Waals surface area contributed by atoms with E-state index in [1.807, 2.05) is 49.4 Å². The van der Waals surface area contributed by atoms with Crippen molar-refractivity contribution in [3.63, 3.8) is 0 Å². The third-order valence-corrected chi connectivity index (χ3v) is 2.83. The van der Waals surface area contributed by atoms with Gasteiger partial charge in [0, 0.05) is 18.3 Å². The Labute approximate surface area is 112 Å². The van der Waals surface area contributed by atoms with Gasteiger partial charge in [-0.15, -0.1) is 0 Å². The number of aryl methyl sites for hydroxylation is 1. The van der Waals surface area contributed by atoms with Crippen LogP contribution in [0.15, 0.2) is 48.5 Å². The van der Waals surface area contributed by atoms with Crippen molar-refractivity contribution in [3.8, 4) is 0 Å². The van der Waals surface area contributed by atoms with Crippen molar-refractivity contribution >= 4 is 5.91 Å². The van der Waals surface area contributed by atoms with Gasteiger partial charge in [0.2, 0.25) is 0 Å². The van der Waals surface area contributed by atoms with E-state index >= 15 is 0 Å². The number of nitrogens with zero attached hydrogens (tertiary/aromatic N) is 1. The molecule has 0 aliphatic heterocycles. The molecule has 19 heavy (non-hydrogen) atoms. The fourth-order valence-corrected chi connectivity index (χ4v) is 1.78. The largest absolute Gasteiger partial charge is 0.349 e. The summed E-state index contributed by atoms with van der Waals surface area (Å²) in [5.41, 5.74) is 8.25. The molecule has 1 aromatic heterocycles. The van der Waals surface area contributed by atoms with E-state index in [0.717, 1.165) is 11.3 Å². The first-order chi connectivity index (χ1) is 9.16. The molecule has 4 nitrogen and oxygen atoms in total. The number of amides is 1. The molecule has 0 saturated heterocycles. The number of pyridine rings is 1. The maximum Gasteiger partial charge on any atom is 0.269 e. The standard InChI is InChI=1S/C15H17N3O/c1-11-6-5-9-14(18-11)15(19)17-10-13(16)12-7-3-2-4-8-12/h2-9,13H,10,16H2,1H3,(H,17,19). The summed E-state index contributed by atoms with van der Waals surface area (Å²) in [4.78, 5) is 16.1. The lowest BCUT2D eigenvalue weighted by atomic mass is 10.1. The minimum atomic E-state index is -0.213. The van der Waals surface area contributed by atoms with E-state index < -0.39 is 0 Å². The minimum absolute atomic E-state index is 0.199. The Morgan fingerprint density at radius 2 is 1.95 bits per heavy atom. The second-order valence-corrected chi connectivity index (χ2v) is 4.39. The Morgan fingerprint density at radius 3 is 2.63 bits per heavy atom. The lowest BCUT2D eigenvalue weighted by Gasteiger charge is -2.13. The summed E-state index contributed by atoms with van der Waals surface area (Å²) in [5, 5.41) is 2.80. The highest BCUT2D eigenvalue weighted by Gasteiger charge is 2.10. The monoisotopic (exact) mass is 255 g/mol. The molecule has 0 fully saturated rings. The van der Waals surface area contributed by atoms with Crippen molar-refractivity contribution < 1.29 is 4.79 Å². The van der Waals surface area contributed by atoms with E-state index in [4.69, 9.17) is 5.73 Å². The predicted molar refractivity (Wildman–Crippen MR) is 74.7 cm³/mol. The highest BCUT2D eigenvalue weighted by atomic mass is 16.1. The smallest absolute Gasteiger partial charge is 0.269 e. The lowest BCUT2D eigenvalue weighted by molar-refractivity contribution is 0.0946. The maximum absolute atomic E-state index is 11.9. The van der Waals surface area contributed by atoms with E-state index in [-0.39, 0.29) is 11.9 Å². The normalized spacial score (nSPS) is 11.9. The van der Waals surface area contributed by atoms with Gasteiger partial charge in [0.15, 0.2) is 0 Å². The molecule has 1 heterocycles. The van der Waals surface area contributed by atoms with Gasteiger partial charge in [-0.05, 0) is 24.6 Å². The summed E-state index contributed by atoms with van der Waals surface area (Å²) in [6, 6.07) is 14.8. The zero-order chi connectivity index (χ0) is 13.7. The zero-order valence-electron chi connectivity index (χ0n) is 10.8. The highest BCUT2D eigenvalue weighted by molar-refractivity contribution is 5.92. The first-order valence-electron chi connectivity index (χ1n) is 6.19. The van der Waals surface area contributed by atoms with Crippen molar-refractivity contribution in [3.05, 3.63) is 65.5 Å². The van der Waals surface area contributed by atoms with Crippen molar-refractivity contribution in [1.82, 2.24) is 10.3 Å². The van der Waals surface area contributed by atoms with Crippen LogP contribution in [0.1, 0.15) is 27.8 Å². The third-order valence-electron chi connectivity index (χ3n) is 2.83. The SMILES string of the molecule is Cc1cccc(C(=O)NCC(N)c2ccccc2)n1. The molecule has 0 radical (unpaired) electrons. The maximum atomic E-state index is 11.9. The van der Waals surface area contributed by atoms with Crippen molar-refractivity contribution in [2.75, 3.05) is 6.54 Å². The molecule has 2 aromatic rings. The number of carbonyl (C=O) groups is 1. The predicted octanol–water partition coefficient (Wildman–Crippen LogP) is 1.82. The van der Waals surface area contributed by atoms with Crippen LogP contribution < -0.4 is 11.1 Å². The molecule has 98 valence electrons. The van der Waals surface area contributed by atoms with Crippen LogP contribution in [0.25, 0.3) is 0 Å². The summed E-state index contributed by atoms with van der Waals surface area (Å²) in [6.07, 6.45) is 0. The first-order valence-corrected chi connectivity index (χ1v) is 6.19. The number of aromatic nitrogens is 1. The summed E-state index contributed by atoms with van der Waals surface area (Å²) < 4.78 is 0. The summed E-state index contributed by atoms with van der Waals surface area (Å²) in [5.74, 6) is -0.199. The average molecular weight is 255 g/mol. The van der Waals surface area contributed by atoms with Crippen LogP contribution in [0.2, 0.25) is 0 Å². The van der Waals surface area contributed by atoms with Crippen molar-refractivity contribution in [2.24, 2.45) is 5.73 Å². The van der Waals surface area contributed by atoms with Gasteiger partial charge >= 0.3 is 0 Å². The van der Waals surface area contributed by atoms with E-state index in [2.05, 4.69) is 10.3 Å². The van der Waals surface area contributed by atoms with Crippen LogP contribution in [0.3, 0.4) is 0 Å². The Bertz CT molecular complexity index is 554. The fourth-order valence-electron chi connectivity index (χ4n) is 1.78. The van der Waals surface area contributed by atoms with Crippen LogP contribution in [0.4, 0.5) is 0 Å². The van der Waals surface area contributed by atoms with Crippen LogP contribution in [0.5, 0.6) is 0 Å². The van der Waals surface area contributed by atoms with Gasteiger partial charge in [-0.25, -0.2) is 4.98 Å². The second kappa shape index (κ2) is 6.11. The summed E-state index contributed by atoms with van der Waals surface area (Å²) in [7, 11) is 0. The Kier molecular flexibility index (Phi) is 4.26. The molecule has 3 N–H and O–H groups in total. The van der Waals surface area contributed by atoms with Gasteiger partial charge in [-0.1, -0.05) is 36.4 Å². The molecule has 0 aliphatic rings. The van der Waals surface area contributed by atoms with E-state index in [1.54, 1.807) is 6.07 Å². The molecule has 0 spiro atoms. The quantitative estimate of drug-likeness (QED) is 0.875. The summed E-state index contributed by atoms with van der Waals surface area (Å²) >= 11 is 0. The van der Waals surface area contributed by atoms with Gasteiger partial charge < -0.3 is 11.1 Å². The number of nitrogens with two attached hydrogens (primary N) is 1. The number of carbonyl (C=O) groups excluding carboxylic acids is 1. The number of rotatable bonds is 4. The van der Waals surface area contributed by atoms with Crippen LogP contribution in [-0.2, 0) is 0 Å². The van der Waals surface area contributed by atoms with Gasteiger partial charge in [0.25, 0.3) is 5.91 Å². The van der Waals surface area contributed by atoms with E-state index in [0.29, 0.717) is 12.2 Å². The molecule has 1 aromatic carbocycles. The molecule has 4 heteroatoms. The van der Waals surface area contributed by atoms with Crippen LogP contribution in [0, 0.1) is 6.92 Å². The Morgan fingerprint density at radius 1 is 1.21 bits per heavy atom. The molecule has 1 amide bonds. The van der Waals surface area contributed by atoms with E-state index in [9.17, 15) is 4.79 Å². The molecular weight excluding hydrogens is 238 g/mol. The molecule has 0 bridgehead atoms. The van der Waals surface area contributed by atoms with Crippen LogP contribution >= 0.6 is 0 Å². The van der Waals surface area contributed by atoms with Gasteiger partial charge in [-0.2, -0.15) is 0 Å². The molecule has 0 aliphatic carbocycles. The topological polar surface area (TPSA) is 68.0 Å². The molecular formula is C15H17N3O.